The summed E-state index contributed by atoms with van der Waals surface area (Å²) < 4.78 is 15.0. The molecule has 0 aromatic heterocycles. The zero-order chi connectivity index (χ0) is 15.9. The van der Waals surface area contributed by atoms with Crippen molar-refractivity contribution in [3.63, 3.8) is 0 Å². The molecule has 6 heteroatoms. The number of benzene rings is 1. The summed E-state index contributed by atoms with van der Waals surface area (Å²) in [6.45, 7) is 5.49. The Morgan fingerprint density at radius 1 is 1.14 bits per heavy atom. The van der Waals surface area contributed by atoms with E-state index in [2.05, 4.69) is 4.74 Å². The van der Waals surface area contributed by atoms with Crippen molar-refractivity contribution < 1.29 is 23.8 Å². The molecule has 0 bridgehead atoms. The third-order valence-electron chi connectivity index (χ3n) is 2.34. The fourth-order valence-electron chi connectivity index (χ4n) is 1.39. The van der Waals surface area contributed by atoms with Gasteiger partial charge in [0.05, 0.1) is 0 Å². The summed E-state index contributed by atoms with van der Waals surface area (Å²) in [5, 5.41) is 0.728. The Balaban J connectivity index is 2.41. The SMILES string of the molecule is COC(=O)COc1ccc(C[AsH]C(=O)OC(C)(C)C)cc1. The average molecular weight is 356 g/mol. The van der Waals surface area contributed by atoms with Gasteiger partial charge in [-0.2, -0.15) is 0 Å². The number of esters is 1. The molecule has 0 N–H and O–H groups in total. The number of methoxy groups -OCH3 is 1. The van der Waals surface area contributed by atoms with Crippen LogP contribution in [0.5, 0.6) is 5.75 Å². The molecule has 1 atom stereocenters. The summed E-state index contributed by atoms with van der Waals surface area (Å²) >= 11 is -0.830. The second-order valence-corrected chi connectivity index (χ2v) is 7.70. The predicted octanol–water partition coefficient (Wildman–Crippen LogP) is 2.11. The van der Waals surface area contributed by atoms with Gasteiger partial charge in [-0.15, -0.1) is 0 Å². The van der Waals surface area contributed by atoms with Gasteiger partial charge in [-0.05, 0) is 0 Å². The van der Waals surface area contributed by atoms with E-state index in [-0.39, 0.29) is 11.4 Å². The minimum absolute atomic E-state index is 0.0893. The molecule has 0 saturated carbocycles. The van der Waals surface area contributed by atoms with Crippen molar-refractivity contribution in [2.75, 3.05) is 13.7 Å². The first-order valence-corrected chi connectivity index (χ1v) is 9.09. The van der Waals surface area contributed by atoms with Gasteiger partial charge in [0.2, 0.25) is 0 Å². The van der Waals surface area contributed by atoms with Crippen LogP contribution in [0.2, 0.25) is 0 Å². The van der Waals surface area contributed by atoms with E-state index < -0.39 is 27.3 Å². The maximum atomic E-state index is 11.7. The average Bonchev–Trinajstić information content (AvgIpc) is 2.41. The Kier molecular flexibility index (Phi) is 6.76. The van der Waals surface area contributed by atoms with Gasteiger partial charge in [-0.1, -0.05) is 0 Å². The van der Waals surface area contributed by atoms with Crippen LogP contribution in [-0.2, 0) is 19.5 Å². The van der Waals surface area contributed by atoms with Gasteiger partial charge >= 0.3 is 131 Å². The first-order chi connectivity index (χ1) is 9.80. The van der Waals surface area contributed by atoms with Gasteiger partial charge in [-0.3, -0.25) is 0 Å². The molecule has 0 fully saturated rings. The predicted molar refractivity (Wildman–Crippen MR) is 81.0 cm³/mol. The standard InChI is InChI=1S/C15H21AsO5/c1-15(2,3)21-14(18)16-9-11-5-7-12(8-6-11)20-10-13(17)19-4/h5-8,16H,9-10H2,1-4H3. The molecular weight excluding hydrogens is 335 g/mol. The maximum absolute atomic E-state index is 11.7. The van der Waals surface area contributed by atoms with Gasteiger partial charge in [-0.25, -0.2) is 0 Å². The van der Waals surface area contributed by atoms with Crippen molar-refractivity contribution in [1.82, 2.24) is 0 Å². The molecule has 0 saturated heterocycles. The monoisotopic (exact) mass is 356 g/mol. The van der Waals surface area contributed by atoms with Gasteiger partial charge in [0.15, 0.2) is 0 Å². The Hall–Kier alpha value is -1.48. The van der Waals surface area contributed by atoms with Crippen LogP contribution in [0.4, 0.5) is 4.79 Å². The molecule has 0 amide bonds. The summed E-state index contributed by atoms with van der Waals surface area (Å²) in [7, 11) is 1.32. The van der Waals surface area contributed by atoms with Gasteiger partial charge in [0.25, 0.3) is 0 Å². The molecule has 0 aliphatic rings. The molecule has 0 aliphatic carbocycles. The van der Waals surface area contributed by atoms with Crippen LogP contribution in [0.25, 0.3) is 0 Å². The van der Waals surface area contributed by atoms with E-state index in [1.807, 2.05) is 32.9 Å². The third kappa shape index (κ3) is 7.76. The molecule has 1 unspecified atom stereocenters. The molecule has 1 rings (SSSR count). The molecule has 0 spiro atoms. The van der Waals surface area contributed by atoms with Crippen molar-refractivity contribution >= 4 is 26.5 Å². The summed E-state index contributed by atoms with van der Waals surface area (Å²) in [5.74, 6) is 0.178. The van der Waals surface area contributed by atoms with Gasteiger partial charge in [0.1, 0.15) is 0 Å². The van der Waals surface area contributed by atoms with Crippen LogP contribution < -0.4 is 4.74 Å². The van der Waals surface area contributed by atoms with Crippen LogP contribution in [-0.4, -0.2) is 45.8 Å². The first kappa shape index (κ1) is 17.6. The van der Waals surface area contributed by atoms with Crippen LogP contribution in [0.15, 0.2) is 24.3 Å². The van der Waals surface area contributed by atoms with Crippen molar-refractivity contribution in [1.29, 1.82) is 0 Å². The quantitative estimate of drug-likeness (QED) is 0.577. The summed E-state index contributed by atoms with van der Waals surface area (Å²) in [6, 6.07) is 7.33. The van der Waals surface area contributed by atoms with E-state index in [0.29, 0.717) is 5.75 Å². The van der Waals surface area contributed by atoms with Crippen molar-refractivity contribution in [2.24, 2.45) is 0 Å². The molecule has 0 heterocycles. The van der Waals surface area contributed by atoms with E-state index in [0.717, 1.165) is 10.8 Å². The van der Waals surface area contributed by atoms with E-state index in [9.17, 15) is 9.59 Å². The molecule has 1 aromatic rings. The Morgan fingerprint density at radius 3 is 2.29 bits per heavy atom. The second-order valence-electron chi connectivity index (χ2n) is 5.36. The Morgan fingerprint density at radius 2 is 1.76 bits per heavy atom. The molecule has 116 valence electrons. The number of hydrogen-bond acceptors (Lipinski definition) is 5. The molecule has 5 nitrogen and oxygen atoms in total. The van der Waals surface area contributed by atoms with Gasteiger partial charge < -0.3 is 0 Å². The number of hydrogen-bond donors (Lipinski definition) is 0. The first-order valence-electron chi connectivity index (χ1n) is 6.55. The fraction of sp³-hybridized carbons (Fsp3) is 0.467. The number of rotatable bonds is 6. The van der Waals surface area contributed by atoms with Gasteiger partial charge in [0, 0.05) is 0 Å². The van der Waals surface area contributed by atoms with E-state index in [1.54, 1.807) is 12.1 Å². The Labute approximate surface area is 131 Å². The topological polar surface area (TPSA) is 61.8 Å². The molecule has 1 aromatic carbocycles. The Bertz CT molecular complexity index is 476. The summed E-state index contributed by atoms with van der Waals surface area (Å²) in [4.78, 5) is 22.6. The van der Waals surface area contributed by atoms with Crippen LogP contribution in [0.1, 0.15) is 26.3 Å². The van der Waals surface area contributed by atoms with E-state index >= 15 is 0 Å². The summed E-state index contributed by atoms with van der Waals surface area (Å²) in [6.07, 6.45) is 0. The number of carbonyl (C=O) groups is 2. The molecule has 21 heavy (non-hydrogen) atoms. The van der Waals surface area contributed by atoms with Crippen LogP contribution in [0, 0.1) is 0 Å². The summed E-state index contributed by atoms with van der Waals surface area (Å²) in [5.41, 5.74) is 0.637. The third-order valence-corrected chi connectivity index (χ3v) is 4.39. The van der Waals surface area contributed by atoms with Crippen molar-refractivity contribution in [3.05, 3.63) is 29.8 Å². The molecular formula is C15H21AsO5. The number of ether oxygens (including phenoxy) is 3. The number of carbonyl (C=O) groups excluding carboxylic acids is 2. The zero-order valence-corrected chi connectivity index (χ0v) is 14.9. The van der Waals surface area contributed by atoms with Crippen LogP contribution in [0.3, 0.4) is 0 Å². The van der Waals surface area contributed by atoms with Crippen molar-refractivity contribution in [2.45, 2.75) is 31.6 Å². The minimum atomic E-state index is -0.830. The van der Waals surface area contributed by atoms with E-state index in [4.69, 9.17) is 9.47 Å². The second kappa shape index (κ2) is 8.08. The fourth-order valence-corrected chi connectivity index (χ4v) is 3.41. The van der Waals surface area contributed by atoms with E-state index in [1.165, 1.54) is 7.11 Å². The van der Waals surface area contributed by atoms with Crippen molar-refractivity contribution in [3.8, 4) is 5.75 Å². The zero-order valence-electron chi connectivity index (χ0n) is 12.8. The molecule has 0 aliphatic heterocycles. The normalized spacial score (nSPS) is 11.4. The van der Waals surface area contributed by atoms with Crippen LogP contribution >= 0.6 is 0 Å². The molecule has 0 radical (unpaired) electrons.